The Bertz CT molecular complexity index is 178. The maximum Gasteiger partial charge on any atom is 0.222 e. The van der Waals surface area contributed by atoms with Gasteiger partial charge in [-0.3, -0.25) is 4.79 Å². The molecule has 17 heavy (non-hydrogen) atoms. The molecular formula is C13H27NO3. The lowest BCUT2D eigenvalue weighted by Crippen LogP contribution is -2.33. The lowest BCUT2D eigenvalue weighted by Gasteiger charge is -2.22. The van der Waals surface area contributed by atoms with Crippen LogP contribution in [0.2, 0.25) is 0 Å². The fourth-order valence-electron chi connectivity index (χ4n) is 1.75. The number of unbranched alkanes of at least 4 members (excludes halogenated alkanes) is 3. The van der Waals surface area contributed by atoms with E-state index in [0.29, 0.717) is 32.4 Å². The first-order valence-corrected chi connectivity index (χ1v) is 6.75. The van der Waals surface area contributed by atoms with Crippen LogP contribution in [0.5, 0.6) is 0 Å². The average molecular weight is 245 g/mol. The number of amides is 1. The van der Waals surface area contributed by atoms with Crippen LogP contribution < -0.4 is 0 Å². The van der Waals surface area contributed by atoms with Gasteiger partial charge in [0.25, 0.3) is 0 Å². The number of carbonyl (C=O) groups is 1. The molecule has 0 radical (unpaired) electrons. The predicted octanol–water partition coefficient (Wildman–Crippen LogP) is 1.55. The van der Waals surface area contributed by atoms with Gasteiger partial charge in [0.05, 0.1) is 0 Å². The highest BCUT2D eigenvalue weighted by Crippen LogP contribution is 2.06. The fourth-order valence-corrected chi connectivity index (χ4v) is 1.75. The molecule has 4 heteroatoms. The van der Waals surface area contributed by atoms with E-state index in [1.807, 2.05) is 0 Å². The summed E-state index contributed by atoms with van der Waals surface area (Å²) >= 11 is 0. The fraction of sp³-hybridized carbons (Fsp3) is 0.923. The summed E-state index contributed by atoms with van der Waals surface area (Å²) in [4.78, 5) is 13.6. The van der Waals surface area contributed by atoms with Gasteiger partial charge < -0.3 is 15.1 Å². The minimum Gasteiger partial charge on any atom is -0.396 e. The first kappa shape index (κ1) is 16.4. The first-order valence-electron chi connectivity index (χ1n) is 6.75. The Morgan fingerprint density at radius 1 is 0.941 bits per heavy atom. The molecule has 0 saturated carbocycles. The Morgan fingerprint density at radius 2 is 1.53 bits per heavy atom. The molecule has 0 aromatic heterocycles. The smallest absolute Gasteiger partial charge is 0.222 e. The molecule has 0 aromatic carbocycles. The Labute approximate surface area is 105 Å². The molecule has 0 atom stereocenters. The quantitative estimate of drug-likeness (QED) is 0.543. The molecule has 0 aliphatic rings. The highest BCUT2D eigenvalue weighted by atomic mass is 16.3. The SMILES string of the molecule is CCCCCCC(=O)N(CCCO)CCCO. The van der Waals surface area contributed by atoms with Gasteiger partial charge in [0.2, 0.25) is 5.91 Å². The van der Waals surface area contributed by atoms with Crippen LogP contribution in [0.25, 0.3) is 0 Å². The van der Waals surface area contributed by atoms with E-state index < -0.39 is 0 Å². The molecule has 0 heterocycles. The van der Waals surface area contributed by atoms with Gasteiger partial charge in [0.1, 0.15) is 0 Å². The van der Waals surface area contributed by atoms with E-state index in [0.717, 1.165) is 12.8 Å². The van der Waals surface area contributed by atoms with Crippen molar-refractivity contribution in [3.63, 3.8) is 0 Å². The summed E-state index contributed by atoms with van der Waals surface area (Å²) in [6.45, 7) is 3.57. The van der Waals surface area contributed by atoms with E-state index in [1.54, 1.807) is 4.90 Å². The second kappa shape index (κ2) is 11.9. The number of aliphatic hydroxyl groups excluding tert-OH is 2. The lowest BCUT2D eigenvalue weighted by atomic mass is 10.1. The molecule has 1 amide bonds. The van der Waals surface area contributed by atoms with Crippen molar-refractivity contribution in [3.8, 4) is 0 Å². The van der Waals surface area contributed by atoms with Gasteiger partial charge in [-0.1, -0.05) is 26.2 Å². The van der Waals surface area contributed by atoms with Crippen molar-refractivity contribution in [2.45, 2.75) is 51.9 Å². The van der Waals surface area contributed by atoms with Crippen LogP contribution >= 0.6 is 0 Å². The predicted molar refractivity (Wildman–Crippen MR) is 68.7 cm³/mol. The minimum absolute atomic E-state index is 0.110. The number of hydrogen-bond donors (Lipinski definition) is 2. The normalized spacial score (nSPS) is 10.5. The highest BCUT2D eigenvalue weighted by Gasteiger charge is 2.11. The van der Waals surface area contributed by atoms with Crippen molar-refractivity contribution < 1.29 is 15.0 Å². The molecule has 0 aliphatic carbocycles. The van der Waals surface area contributed by atoms with Crippen molar-refractivity contribution in [1.29, 1.82) is 0 Å². The maximum absolute atomic E-state index is 11.9. The van der Waals surface area contributed by atoms with Gasteiger partial charge in [0.15, 0.2) is 0 Å². The average Bonchev–Trinajstić information content (AvgIpc) is 2.34. The monoisotopic (exact) mass is 245 g/mol. The summed E-state index contributed by atoms with van der Waals surface area (Å²) < 4.78 is 0. The van der Waals surface area contributed by atoms with Crippen molar-refractivity contribution in [2.75, 3.05) is 26.3 Å². The summed E-state index contributed by atoms with van der Waals surface area (Å²) in [6, 6.07) is 0. The molecule has 0 unspecified atom stereocenters. The highest BCUT2D eigenvalue weighted by molar-refractivity contribution is 5.76. The van der Waals surface area contributed by atoms with Crippen molar-refractivity contribution in [1.82, 2.24) is 4.90 Å². The van der Waals surface area contributed by atoms with Crippen LogP contribution in [0.3, 0.4) is 0 Å². The van der Waals surface area contributed by atoms with Crippen LogP contribution in [-0.4, -0.2) is 47.3 Å². The molecule has 4 nitrogen and oxygen atoms in total. The van der Waals surface area contributed by atoms with Crippen LogP contribution in [0.4, 0.5) is 0 Å². The Hall–Kier alpha value is -0.610. The molecule has 0 spiro atoms. The van der Waals surface area contributed by atoms with Crippen molar-refractivity contribution in [3.05, 3.63) is 0 Å². The van der Waals surface area contributed by atoms with E-state index in [-0.39, 0.29) is 19.1 Å². The van der Waals surface area contributed by atoms with Crippen LogP contribution in [0.1, 0.15) is 51.9 Å². The number of nitrogens with zero attached hydrogens (tertiary/aromatic N) is 1. The zero-order valence-corrected chi connectivity index (χ0v) is 11.0. The number of aliphatic hydroxyl groups is 2. The van der Waals surface area contributed by atoms with Crippen molar-refractivity contribution in [2.24, 2.45) is 0 Å². The second-order valence-electron chi connectivity index (χ2n) is 4.35. The third-order valence-electron chi connectivity index (χ3n) is 2.77. The zero-order chi connectivity index (χ0) is 12.9. The Morgan fingerprint density at radius 3 is 2.00 bits per heavy atom. The summed E-state index contributed by atoms with van der Waals surface area (Å²) in [5.41, 5.74) is 0. The van der Waals surface area contributed by atoms with E-state index in [2.05, 4.69) is 6.92 Å². The van der Waals surface area contributed by atoms with Gasteiger partial charge in [-0.25, -0.2) is 0 Å². The number of hydrogen-bond acceptors (Lipinski definition) is 3. The molecular weight excluding hydrogens is 218 g/mol. The van der Waals surface area contributed by atoms with E-state index in [4.69, 9.17) is 10.2 Å². The van der Waals surface area contributed by atoms with Crippen LogP contribution in [0, 0.1) is 0 Å². The molecule has 0 fully saturated rings. The molecule has 0 bridgehead atoms. The summed E-state index contributed by atoms with van der Waals surface area (Å²) in [5.74, 6) is 0.156. The van der Waals surface area contributed by atoms with Crippen molar-refractivity contribution >= 4 is 5.91 Å². The summed E-state index contributed by atoms with van der Waals surface area (Å²) in [6.07, 6.45) is 6.24. The third kappa shape index (κ3) is 9.12. The van der Waals surface area contributed by atoms with Gasteiger partial charge in [-0.15, -0.1) is 0 Å². The minimum atomic E-state index is 0.110. The standard InChI is InChI=1S/C13H27NO3/c1-2-3-4-5-8-13(17)14(9-6-11-15)10-7-12-16/h15-16H,2-12H2,1H3. The van der Waals surface area contributed by atoms with Gasteiger partial charge >= 0.3 is 0 Å². The lowest BCUT2D eigenvalue weighted by molar-refractivity contribution is -0.131. The Kier molecular flexibility index (Phi) is 11.4. The zero-order valence-electron chi connectivity index (χ0n) is 11.0. The summed E-state index contributed by atoms with van der Waals surface area (Å²) in [5, 5.41) is 17.6. The number of carbonyl (C=O) groups excluding carboxylic acids is 1. The Balaban J connectivity index is 3.85. The molecule has 0 rings (SSSR count). The van der Waals surface area contributed by atoms with Crippen LogP contribution in [0.15, 0.2) is 0 Å². The van der Waals surface area contributed by atoms with E-state index in [9.17, 15) is 4.79 Å². The van der Waals surface area contributed by atoms with Gasteiger partial charge in [-0.2, -0.15) is 0 Å². The van der Waals surface area contributed by atoms with Gasteiger partial charge in [0, 0.05) is 32.7 Å². The van der Waals surface area contributed by atoms with E-state index in [1.165, 1.54) is 12.8 Å². The molecule has 0 saturated heterocycles. The van der Waals surface area contributed by atoms with Gasteiger partial charge in [-0.05, 0) is 19.3 Å². The summed E-state index contributed by atoms with van der Waals surface area (Å²) in [7, 11) is 0. The number of rotatable bonds is 11. The largest absolute Gasteiger partial charge is 0.396 e. The first-order chi connectivity index (χ1) is 8.26. The maximum atomic E-state index is 11.9. The van der Waals surface area contributed by atoms with Crippen LogP contribution in [-0.2, 0) is 4.79 Å². The third-order valence-corrected chi connectivity index (χ3v) is 2.77. The topological polar surface area (TPSA) is 60.8 Å². The van der Waals surface area contributed by atoms with E-state index >= 15 is 0 Å². The molecule has 2 N–H and O–H groups in total. The molecule has 0 aromatic rings. The second-order valence-corrected chi connectivity index (χ2v) is 4.35. The molecule has 102 valence electrons. The molecule has 0 aliphatic heterocycles.